The summed E-state index contributed by atoms with van der Waals surface area (Å²) in [6.07, 6.45) is 3.50. The number of hydrogen-bond acceptors (Lipinski definition) is 5. The number of nitriles is 1. The molecule has 1 atom stereocenters. The number of anilines is 1. The molecular weight excluding hydrogens is 290 g/mol. The van der Waals surface area contributed by atoms with E-state index in [2.05, 4.69) is 9.97 Å². The van der Waals surface area contributed by atoms with E-state index >= 15 is 0 Å². The lowest BCUT2D eigenvalue weighted by atomic mass is 10.1. The minimum atomic E-state index is 0.130. The van der Waals surface area contributed by atoms with Gasteiger partial charge in [0.1, 0.15) is 11.6 Å². The van der Waals surface area contributed by atoms with Crippen LogP contribution in [-0.4, -0.2) is 46.5 Å². The van der Waals surface area contributed by atoms with Crippen LogP contribution in [0, 0.1) is 17.2 Å². The van der Waals surface area contributed by atoms with E-state index in [1.165, 1.54) is 6.20 Å². The number of rotatable bonds is 2. The van der Waals surface area contributed by atoms with Crippen LogP contribution >= 0.6 is 11.6 Å². The molecule has 2 fully saturated rings. The number of hydrogen-bond donors (Lipinski definition) is 0. The Hall–Kier alpha value is -1.87. The van der Waals surface area contributed by atoms with Crippen molar-refractivity contribution in [3.05, 3.63) is 16.9 Å². The summed E-state index contributed by atoms with van der Waals surface area (Å²) in [4.78, 5) is 24.5. The van der Waals surface area contributed by atoms with Gasteiger partial charge in [0.05, 0.1) is 6.20 Å². The number of carbonyl (C=O) groups is 1. The van der Waals surface area contributed by atoms with Gasteiger partial charge in [-0.15, -0.1) is 0 Å². The maximum Gasteiger partial charge on any atom is 0.226 e. The molecule has 2 aliphatic rings. The molecular formula is C14H16ClN5O. The van der Waals surface area contributed by atoms with Crippen molar-refractivity contribution in [3.63, 3.8) is 0 Å². The van der Waals surface area contributed by atoms with E-state index in [-0.39, 0.29) is 28.6 Å². The van der Waals surface area contributed by atoms with Crippen LogP contribution in [0.25, 0.3) is 0 Å². The highest BCUT2D eigenvalue weighted by atomic mass is 35.5. The normalized spacial score (nSPS) is 22.0. The molecule has 0 aromatic carbocycles. The summed E-state index contributed by atoms with van der Waals surface area (Å²) < 4.78 is 0. The zero-order valence-electron chi connectivity index (χ0n) is 11.8. The first-order valence-electron chi connectivity index (χ1n) is 7.08. The maximum atomic E-state index is 12.2. The van der Waals surface area contributed by atoms with Crippen LogP contribution in [0.3, 0.4) is 0 Å². The third-order valence-corrected chi connectivity index (χ3v) is 4.26. The Morgan fingerprint density at radius 1 is 1.48 bits per heavy atom. The molecule has 2 heterocycles. The van der Waals surface area contributed by atoms with Crippen molar-refractivity contribution in [1.29, 1.82) is 5.26 Å². The highest BCUT2D eigenvalue weighted by Gasteiger charge is 2.37. The summed E-state index contributed by atoms with van der Waals surface area (Å²) in [6, 6.07) is 2.08. The highest BCUT2D eigenvalue weighted by Crippen LogP contribution is 2.32. The summed E-state index contributed by atoms with van der Waals surface area (Å²) in [5.74, 6) is 1.05. The molecule has 1 saturated carbocycles. The summed E-state index contributed by atoms with van der Waals surface area (Å²) in [6.45, 7) is 4.08. The number of nitrogens with zero attached hydrogens (tertiary/aromatic N) is 5. The molecule has 1 amide bonds. The zero-order chi connectivity index (χ0) is 15.0. The molecule has 1 saturated heterocycles. The van der Waals surface area contributed by atoms with E-state index in [0.717, 1.165) is 12.8 Å². The van der Waals surface area contributed by atoms with Crippen molar-refractivity contribution in [2.24, 2.45) is 5.92 Å². The molecule has 1 aromatic heterocycles. The lowest BCUT2D eigenvalue weighted by molar-refractivity contribution is -0.134. The molecule has 0 N–H and O–H groups in total. The molecule has 110 valence electrons. The van der Waals surface area contributed by atoms with Gasteiger partial charge in [-0.25, -0.2) is 4.98 Å². The van der Waals surface area contributed by atoms with E-state index in [1.54, 1.807) is 0 Å². The third kappa shape index (κ3) is 2.79. The first-order chi connectivity index (χ1) is 10.1. The van der Waals surface area contributed by atoms with Crippen molar-refractivity contribution < 1.29 is 4.79 Å². The Morgan fingerprint density at radius 2 is 2.24 bits per heavy atom. The fourth-order valence-corrected chi connectivity index (χ4v) is 2.78. The minimum absolute atomic E-state index is 0.130. The average Bonchev–Trinajstić information content (AvgIpc) is 3.31. The van der Waals surface area contributed by atoms with Crippen molar-refractivity contribution >= 4 is 23.5 Å². The average molecular weight is 306 g/mol. The van der Waals surface area contributed by atoms with Crippen LogP contribution in [0.5, 0.6) is 0 Å². The predicted molar refractivity (Wildman–Crippen MR) is 77.9 cm³/mol. The van der Waals surface area contributed by atoms with E-state index in [4.69, 9.17) is 16.9 Å². The lowest BCUT2D eigenvalue weighted by Gasteiger charge is -2.40. The van der Waals surface area contributed by atoms with Crippen molar-refractivity contribution in [2.45, 2.75) is 25.8 Å². The van der Waals surface area contributed by atoms with Gasteiger partial charge in [-0.3, -0.25) is 4.79 Å². The van der Waals surface area contributed by atoms with Gasteiger partial charge in [-0.2, -0.15) is 10.2 Å². The topological polar surface area (TPSA) is 73.1 Å². The molecule has 21 heavy (non-hydrogen) atoms. The van der Waals surface area contributed by atoms with Crippen molar-refractivity contribution in [3.8, 4) is 6.07 Å². The van der Waals surface area contributed by atoms with Gasteiger partial charge in [-0.1, -0.05) is 11.6 Å². The van der Waals surface area contributed by atoms with Crippen LogP contribution in [0.1, 0.15) is 25.3 Å². The third-order valence-electron chi connectivity index (χ3n) is 3.97. The Balaban J connectivity index is 1.70. The largest absolute Gasteiger partial charge is 0.337 e. The summed E-state index contributed by atoms with van der Waals surface area (Å²) in [5, 5.41) is 9.02. The maximum absolute atomic E-state index is 12.2. The Labute approximate surface area is 128 Å². The first kappa shape index (κ1) is 14.1. The number of aromatic nitrogens is 2. The van der Waals surface area contributed by atoms with Gasteiger partial charge in [0, 0.05) is 31.6 Å². The molecule has 0 bridgehead atoms. The van der Waals surface area contributed by atoms with Gasteiger partial charge < -0.3 is 9.80 Å². The molecule has 7 heteroatoms. The zero-order valence-corrected chi connectivity index (χ0v) is 12.5. The summed E-state index contributed by atoms with van der Waals surface area (Å²) in [5.41, 5.74) is 0.274. The Kier molecular flexibility index (Phi) is 3.68. The van der Waals surface area contributed by atoms with Crippen LogP contribution < -0.4 is 4.90 Å². The van der Waals surface area contributed by atoms with Crippen molar-refractivity contribution in [1.82, 2.24) is 14.9 Å². The van der Waals surface area contributed by atoms with Gasteiger partial charge in [0.25, 0.3) is 0 Å². The molecule has 1 aliphatic carbocycles. The second-order valence-electron chi connectivity index (χ2n) is 5.59. The van der Waals surface area contributed by atoms with Crippen LogP contribution in [0.2, 0.25) is 5.15 Å². The number of piperazine rings is 1. The lowest BCUT2D eigenvalue weighted by Crippen LogP contribution is -2.54. The molecule has 3 rings (SSSR count). The summed E-state index contributed by atoms with van der Waals surface area (Å²) >= 11 is 5.95. The predicted octanol–water partition coefficient (Wildman–Crippen LogP) is 1.45. The van der Waals surface area contributed by atoms with Gasteiger partial charge in [-0.05, 0) is 19.8 Å². The smallest absolute Gasteiger partial charge is 0.226 e. The summed E-state index contributed by atoms with van der Waals surface area (Å²) in [7, 11) is 0. The Morgan fingerprint density at radius 3 is 2.81 bits per heavy atom. The second-order valence-corrected chi connectivity index (χ2v) is 5.95. The molecule has 0 unspecified atom stereocenters. The Bertz CT molecular complexity index is 610. The molecule has 0 spiro atoms. The van der Waals surface area contributed by atoms with Crippen LogP contribution in [-0.2, 0) is 4.79 Å². The molecule has 0 radical (unpaired) electrons. The molecule has 6 nitrogen and oxygen atoms in total. The SMILES string of the molecule is C[C@@H]1CN(c2ncc(C#N)c(Cl)n2)CCN1C(=O)C1CC1. The van der Waals surface area contributed by atoms with Gasteiger partial charge in [0.15, 0.2) is 5.15 Å². The van der Waals surface area contributed by atoms with E-state index in [1.807, 2.05) is 22.8 Å². The highest BCUT2D eigenvalue weighted by molar-refractivity contribution is 6.30. The standard InChI is InChI=1S/C14H16ClN5O/c1-9-8-19(4-5-20(9)13(21)10-2-3-10)14-17-7-11(6-16)12(15)18-14/h7,9-10H,2-5,8H2,1H3/t9-/m1/s1. The fourth-order valence-electron chi connectivity index (χ4n) is 2.61. The van der Waals surface area contributed by atoms with Crippen LogP contribution in [0.15, 0.2) is 6.20 Å². The van der Waals surface area contributed by atoms with E-state index in [0.29, 0.717) is 25.6 Å². The van der Waals surface area contributed by atoms with Crippen LogP contribution in [0.4, 0.5) is 5.95 Å². The number of halogens is 1. The number of carbonyl (C=O) groups excluding carboxylic acids is 1. The van der Waals surface area contributed by atoms with E-state index < -0.39 is 0 Å². The second kappa shape index (κ2) is 5.49. The van der Waals surface area contributed by atoms with Crippen molar-refractivity contribution in [2.75, 3.05) is 24.5 Å². The first-order valence-corrected chi connectivity index (χ1v) is 7.46. The van der Waals surface area contributed by atoms with E-state index in [9.17, 15) is 4.79 Å². The quantitative estimate of drug-likeness (QED) is 0.773. The number of amides is 1. The van der Waals surface area contributed by atoms with Gasteiger partial charge in [0.2, 0.25) is 11.9 Å². The molecule has 1 aliphatic heterocycles. The monoisotopic (exact) mass is 305 g/mol. The molecule has 1 aromatic rings. The minimum Gasteiger partial charge on any atom is -0.337 e. The van der Waals surface area contributed by atoms with Gasteiger partial charge >= 0.3 is 0 Å². The fraction of sp³-hybridized carbons (Fsp3) is 0.571.